The van der Waals surface area contributed by atoms with E-state index in [9.17, 15) is 4.79 Å². The SMILES string of the molecule is CC(C)c1cc2[nH]c(CNC(=O)C3CC4CCC3O4)cc2cc1Cl. The molecule has 4 rings (SSSR count). The van der Waals surface area contributed by atoms with E-state index in [1.807, 2.05) is 6.07 Å². The molecule has 1 aromatic heterocycles. The average molecular weight is 347 g/mol. The van der Waals surface area contributed by atoms with Gasteiger partial charge in [-0.15, -0.1) is 0 Å². The van der Waals surface area contributed by atoms with Gasteiger partial charge in [-0.3, -0.25) is 4.79 Å². The van der Waals surface area contributed by atoms with E-state index in [0.717, 1.165) is 46.4 Å². The fourth-order valence-corrected chi connectivity index (χ4v) is 4.38. The molecule has 3 unspecified atom stereocenters. The summed E-state index contributed by atoms with van der Waals surface area (Å²) in [4.78, 5) is 15.8. The Hall–Kier alpha value is -1.52. The van der Waals surface area contributed by atoms with E-state index in [1.165, 1.54) is 0 Å². The Morgan fingerprint density at radius 2 is 2.21 bits per heavy atom. The first-order chi connectivity index (χ1) is 11.5. The molecule has 2 bridgehead atoms. The Labute approximate surface area is 146 Å². The Morgan fingerprint density at radius 1 is 1.38 bits per heavy atom. The van der Waals surface area contributed by atoms with Gasteiger partial charge in [0.2, 0.25) is 5.91 Å². The molecular formula is C19H23ClN2O2. The van der Waals surface area contributed by atoms with Crippen molar-refractivity contribution in [2.24, 2.45) is 5.92 Å². The second kappa shape index (κ2) is 6.08. The van der Waals surface area contributed by atoms with Crippen molar-refractivity contribution in [1.29, 1.82) is 0 Å². The van der Waals surface area contributed by atoms with Crippen molar-refractivity contribution in [3.8, 4) is 0 Å². The molecule has 1 amide bonds. The molecule has 3 atom stereocenters. The lowest BCUT2D eigenvalue weighted by Crippen LogP contribution is -2.35. The first-order valence-corrected chi connectivity index (χ1v) is 9.13. The lowest BCUT2D eigenvalue weighted by atomic mass is 9.88. The van der Waals surface area contributed by atoms with Gasteiger partial charge in [-0.1, -0.05) is 25.4 Å². The molecule has 2 aliphatic rings. The summed E-state index contributed by atoms with van der Waals surface area (Å²) in [6.07, 6.45) is 3.43. The van der Waals surface area contributed by atoms with Gasteiger partial charge in [-0.25, -0.2) is 0 Å². The monoisotopic (exact) mass is 346 g/mol. The van der Waals surface area contributed by atoms with Crippen LogP contribution in [0.3, 0.4) is 0 Å². The molecule has 0 spiro atoms. The highest BCUT2D eigenvalue weighted by atomic mass is 35.5. The van der Waals surface area contributed by atoms with Crippen molar-refractivity contribution in [2.45, 2.75) is 57.8 Å². The van der Waals surface area contributed by atoms with Crippen LogP contribution >= 0.6 is 11.6 Å². The van der Waals surface area contributed by atoms with E-state index >= 15 is 0 Å². The molecule has 3 heterocycles. The van der Waals surface area contributed by atoms with Gasteiger partial charge >= 0.3 is 0 Å². The molecule has 2 aromatic rings. The van der Waals surface area contributed by atoms with Crippen LogP contribution in [0.15, 0.2) is 18.2 Å². The summed E-state index contributed by atoms with van der Waals surface area (Å²) in [5, 5.41) is 4.93. The number of fused-ring (bicyclic) bond motifs is 3. The van der Waals surface area contributed by atoms with Gasteiger partial charge in [-0.05, 0) is 48.9 Å². The summed E-state index contributed by atoms with van der Waals surface area (Å²) >= 11 is 6.36. The minimum Gasteiger partial charge on any atom is -0.374 e. The third kappa shape index (κ3) is 2.82. The van der Waals surface area contributed by atoms with E-state index in [4.69, 9.17) is 16.3 Å². The minimum absolute atomic E-state index is 0.0233. The number of nitrogens with one attached hydrogen (secondary N) is 2. The number of hydrogen-bond donors (Lipinski definition) is 2. The van der Waals surface area contributed by atoms with E-state index in [-0.39, 0.29) is 17.9 Å². The van der Waals surface area contributed by atoms with Crippen LogP contribution in [0.4, 0.5) is 0 Å². The molecule has 0 saturated carbocycles. The maximum atomic E-state index is 12.4. The number of ether oxygens (including phenoxy) is 1. The molecule has 0 aliphatic carbocycles. The third-order valence-corrected chi connectivity index (χ3v) is 5.64. The highest BCUT2D eigenvalue weighted by molar-refractivity contribution is 6.32. The van der Waals surface area contributed by atoms with E-state index in [1.54, 1.807) is 0 Å². The van der Waals surface area contributed by atoms with Gasteiger partial charge in [-0.2, -0.15) is 0 Å². The molecular weight excluding hydrogens is 324 g/mol. The maximum Gasteiger partial charge on any atom is 0.226 e. The predicted octanol–water partition coefficient (Wildman–Crippen LogP) is 4.13. The average Bonchev–Trinajstić information content (AvgIpc) is 3.25. The number of benzene rings is 1. The van der Waals surface area contributed by atoms with Crippen LogP contribution in [0.5, 0.6) is 0 Å². The highest BCUT2D eigenvalue weighted by Gasteiger charge is 2.44. The Kier molecular flexibility index (Phi) is 4.05. The second-order valence-corrected chi connectivity index (χ2v) is 7.75. The van der Waals surface area contributed by atoms with Crippen LogP contribution < -0.4 is 5.32 Å². The van der Waals surface area contributed by atoms with E-state index in [2.05, 4.69) is 36.3 Å². The van der Waals surface area contributed by atoms with Crippen LogP contribution in [0, 0.1) is 5.92 Å². The third-order valence-electron chi connectivity index (χ3n) is 5.31. The molecule has 1 aromatic carbocycles. The summed E-state index contributed by atoms with van der Waals surface area (Å²) < 4.78 is 5.77. The number of hydrogen-bond acceptors (Lipinski definition) is 2. The molecule has 5 heteroatoms. The lowest BCUT2D eigenvalue weighted by molar-refractivity contribution is -0.126. The number of carbonyl (C=O) groups is 1. The van der Waals surface area contributed by atoms with Gasteiger partial charge in [0.15, 0.2) is 0 Å². The summed E-state index contributed by atoms with van der Waals surface area (Å²) in [5.41, 5.74) is 3.20. The maximum absolute atomic E-state index is 12.4. The van der Waals surface area contributed by atoms with Crippen LogP contribution in [0.2, 0.25) is 5.02 Å². The standard InChI is InChI=1S/C19H23ClN2O2/c1-10(2)14-8-17-11(6-16(14)20)5-12(22-17)9-21-19(23)15-7-13-3-4-18(15)24-13/h5-6,8,10,13,15,18,22H,3-4,7,9H2,1-2H3,(H,21,23). The molecule has 24 heavy (non-hydrogen) atoms. The fraction of sp³-hybridized carbons (Fsp3) is 0.526. The van der Waals surface area contributed by atoms with Gasteiger partial charge in [0.1, 0.15) is 0 Å². The fourth-order valence-electron chi connectivity index (χ4n) is 3.99. The molecule has 128 valence electrons. The number of H-pyrrole nitrogens is 1. The van der Waals surface area contributed by atoms with E-state index < -0.39 is 0 Å². The topological polar surface area (TPSA) is 54.1 Å². The Morgan fingerprint density at radius 3 is 2.88 bits per heavy atom. The summed E-state index contributed by atoms with van der Waals surface area (Å²) in [6.45, 7) is 4.78. The summed E-state index contributed by atoms with van der Waals surface area (Å²) in [6, 6.07) is 6.16. The van der Waals surface area contributed by atoms with Crippen molar-refractivity contribution in [3.63, 3.8) is 0 Å². The lowest BCUT2D eigenvalue weighted by Gasteiger charge is -2.17. The van der Waals surface area contributed by atoms with Crippen LogP contribution in [-0.2, 0) is 16.1 Å². The quantitative estimate of drug-likeness (QED) is 0.874. The zero-order chi connectivity index (χ0) is 16.8. The summed E-state index contributed by atoms with van der Waals surface area (Å²) in [7, 11) is 0. The number of halogens is 1. The Bertz CT molecular complexity index is 783. The molecule has 2 fully saturated rings. The number of rotatable bonds is 4. The van der Waals surface area contributed by atoms with Gasteiger partial charge in [0.05, 0.1) is 24.7 Å². The van der Waals surface area contributed by atoms with Gasteiger partial charge in [0, 0.05) is 21.6 Å². The number of carbonyl (C=O) groups excluding carboxylic acids is 1. The zero-order valence-corrected chi connectivity index (χ0v) is 14.8. The van der Waals surface area contributed by atoms with Crippen molar-refractivity contribution < 1.29 is 9.53 Å². The first kappa shape index (κ1) is 16.0. The zero-order valence-electron chi connectivity index (χ0n) is 14.1. The first-order valence-electron chi connectivity index (χ1n) is 8.75. The van der Waals surface area contributed by atoms with Crippen molar-refractivity contribution in [2.75, 3.05) is 0 Å². The van der Waals surface area contributed by atoms with Crippen LogP contribution in [0.1, 0.15) is 50.3 Å². The molecule has 2 aliphatic heterocycles. The van der Waals surface area contributed by atoms with Crippen LogP contribution in [-0.4, -0.2) is 23.1 Å². The molecule has 0 radical (unpaired) electrons. The summed E-state index contributed by atoms with van der Waals surface area (Å²) in [5.74, 6) is 0.517. The van der Waals surface area contributed by atoms with Crippen molar-refractivity contribution >= 4 is 28.4 Å². The molecule has 2 saturated heterocycles. The van der Waals surface area contributed by atoms with Crippen molar-refractivity contribution in [3.05, 3.63) is 34.5 Å². The van der Waals surface area contributed by atoms with E-state index in [0.29, 0.717) is 18.6 Å². The number of aromatic nitrogens is 1. The highest BCUT2D eigenvalue weighted by Crippen LogP contribution is 2.38. The predicted molar refractivity (Wildman–Crippen MR) is 95.2 cm³/mol. The molecule has 4 nitrogen and oxygen atoms in total. The second-order valence-electron chi connectivity index (χ2n) is 7.34. The number of aromatic amines is 1. The normalized spacial score (nSPS) is 25.8. The van der Waals surface area contributed by atoms with Crippen molar-refractivity contribution in [1.82, 2.24) is 10.3 Å². The largest absolute Gasteiger partial charge is 0.374 e. The van der Waals surface area contributed by atoms with Gasteiger partial charge < -0.3 is 15.0 Å². The van der Waals surface area contributed by atoms with Crippen LogP contribution in [0.25, 0.3) is 10.9 Å². The minimum atomic E-state index is 0.0233. The smallest absolute Gasteiger partial charge is 0.226 e. The Balaban J connectivity index is 1.46. The number of amides is 1. The molecule has 2 N–H and O–H groups in total. The van der Waals surface area contributed by atoms with Gasteiger partial charge in [0.25, 0.3) is 0 Å².